The van der Waals surface area contributed by atoms with E-state index < -0.39 is 12.1 Å². The molecule has 0 saturated heterocycles. The van der Waals surface area contributed by atoms with Crippen LogP contribution >= 0.6 is 0 Å². The molecule has 0 saturated carbocycles. The van der Waals surface area contributed by atoms with Gasteiger partial charge in [-0.3, -0.25) is 5.32 Å². The Bertz CT molecular complexity index is 327. The lowest BCUT2D eigenvalue weighted by Gasteiger charge is -2.13. The zero-order valence-corrected chi connectivity index (χ0v) is 12.3. The van der Waals surface area contributed by atoms with Gasteiger partial charge in [-0.1, -0.05) is 13.3 Å². The summed E-state index contributed by atoms with van der Waals surface area (Å²) in [5, 5.41) is 5.05. The Kier molecular flexibility index (Phi) is 8.32. The SMILES string of the molecule is CCCCOC(=NC(=O)N(C)C)NC(=O)NC(C)C. The molecule has 0 unspecified atom stereocenters. The van der Waals surface area contributed by atoms with Crippen molar-refractivity contribution >= 4 is 18.1 Å². The second-order valence-corrected chi connectivity index (χ2v) is 4.55. The van der Waals surface area contributed by atoms with Gasteiger partial charge in [-0.05, 0) is 20.3 Å². The molecule has 0 aliphatic rings. The fourth-order valence-electron chi connectivity index (χ4n) is 0.992. The third kappa shape index (κ3) is 8.87. The van der Waals surface area contributed by atoms with Crippen LogP contribution in [0.1, 0.15) is 33.6 Å². The summed E-state index contributed by atoms with van der Waals surface area (Å²) in [4.78, 5) is 28.0. The van der Waals surface area contributed by atoms with Gasteiger partial charge < -0.3 is 15.0 Å². The Morgan fingerprint density at radius 3 is 2.42 bits per heavy atom. The van der Waals surface area contributed by atoms with Crippen LogP contribution in [0.15, 0.2) is 4.99 Å². The van der Waals surface area contributed by atoms with Gasteiger partial charge in [0.1, 0.15) is 0 Å². The minimum Gasteiger partial charge on any atom is -0.465 e. The molecular weight excluding hydrogens is 248 g/mol. The first-order valence-corrected chi connectivity index (χ1v) is 6.37. The van der Waals surface area contributed by atoms with E-state index >= 15 is 0 Å². The summed E-state index contributed by atoms with van der Waals surface area (Å²) in [5.41, 5.74) is 0. The third-order valence-corrected chi connectivity index (χ3v) is 1.96. The summed E-state index contributed by atoms with van der Waals surface area (Å²) in [6, 6.07) is -1.03. The molecule has 7 nitrogen and oxygen atoms in total. The summed E-state index contributed by atoms with van der Waals surface area (Å²) in [6.45, 7) is 6.08. The number of nitrogens with zero attached hydrogens (tertiary/aromatic N) is 2. The highest BCUT2D eigenvalue weighted by atomic mass is 16.5. The average Bonchev–Trinajstić information content (AvgIpc) is 2.27. The van der Waals surface area contributed by atoms with E-state index in [1.54, 1.807) is 14.1 Å². The molecule has 0 aromatic carbocycles. The fraction of sp³-hybridized carbons (Fsp3) is 0.750. The number of unbranched alkanes of at least 4 members (excludes halogenated alkanes) is 1. The van der Waals surface area contributed by atoms with Gasteiger partial charge in [0.2, 0.25) is 0 Å². The highest BCUT2D eigenvalue weighted by molar-refractivity contribution is 5.98. The van der Waals surface area contributed by atoms with Crippen LogP contribution < -0.4 is 10.6 Å². The summed E-state index contributed by atoms with van der Waals surface area (Å²) in [5.74, 6) is 0. The van der Waals surface area contributed by atoms with E-state index in [1.807, 2.05) is 20.8 Å². The van der Waals surface area contributed by atoms with Crippen molar-refractivity contribution in [3.8, 4) is 0 Å². The van der Waals surface area contributed by atoms with Crippen molar-refractivity contribution in [3.05, 3.63) is 0 Å². The predicted octanol–water partition coefficient (Wildman–Crippen LogP) is 1.55. The zero-order valence-electron chi connectivity index (χ0n) is 12.3. The molecule has 0 aliphatic heterocycles. The fourth-order valence-corrected chi connectivity index (χ4v) is 0.992. The van der Waals surface area contributed by atoms with E-state index in [1.165, 1.54) is 4.90 Å². The highest BCUT2D eigenvalue weighted by Gasteiger charge is 2.11. The van der Waals surface area contributed by atoms with Crippen molar-refractivity contribution < 1.29 is 14.3 Å². The number of amidine groups is 1. The van der Waals surface area contributed by atoms with E-state index in [0.717, 1.165) is 12.8 Å². The number of nitrogens with one attached hydrogen (secondary N) is 2. The first-order chi connectivity index (χ1) is 8.86. The van der Waals surface area contributed by atoms with Crippen LogP contribution in [0.4, 0.5) is 9.59 Å². The predicted molar refractivity (Wildman–Crippen MR) is 74.2 cm³/mol. The van der Waals surface area contributed by atoms with E-state index in [4.69, 9.17) is 4.74 Å². The van der Waals surface area contributed by atoms with Crippen molar-refractivity contribution in [3.63, 3.8) is 0 Å². The number of aliphatic imine (C=N–C) groups is 1. The van der Waals surface area contributed by atoms with Crippen LogP contribution in [0.25, 0.3) is 0 Å². The summed E-state index contributed by atoms with van der Waals surface area (Å²) in [6.07, 6.45) is 1.77. The van der Waals surface area contributed by atoms with Gasteiger partial charge in [0.05, 0.1) is 6.61 Å². The Hall–Kier alpha value is -1.79. The van der Waals surface area contributed by atoms with Crippen molar-refractivity contribution in [2.45, 2.75) is 39.7 Å². The lowest BCUT2D eigenvalue weighted by Crippen LogP contribution is -2.44. The molecule has 2 N–H and O–H groups in total. The maximum absolute atomic E-state index is 11.5. The van der Waals surface area contributed by atoms with Crippen molar-refractivity contribution in [1.29, 1.82) is 0 Å². The van der Waals surface area contributed by atoms with Crippen LogP contribution in [0, 0.1) is 0 Å². The Balaban J connectivity index is 4.57. The zero-order chi connectivity index (χ0) is 14.8. The van der Waals surface area contributed by atoms with E-state index in [9.17, 15) is 9.59 Å². The first kappa shape index (κ1) is 17.2. The van der Waals surface area contributed by atoms with Gasteiger partial charge in [-0.2, -0.15) is 0 Å². The van der Waals surface area contributed by atoms with Gasteiger partial charge in [0, 0.05) is 20.1 Å². The Labute approximate surface area is 114 Å². The van der Waals surface area contributed by atoms with Crippen molar-refractivity contribution in [1.82, 2.24) is 15.5 Å². The molecule has 0 spiro atoms. The highest BCUT2D eigenvalue weighted by Crippen LogP contribution is 1.92. The van der Waals surface area contributed by atoms with Gasteiger partial charge in [0.25, 0.3) is 0 Å². The first-order valence-electron chi connectivity index (χ1n) is 6.37. The molecule has 0 aromatic rings. The second kappa shape index (κ2) is 9.18. The summed E-state index contributed by atoms with van der Waals surface area (Å²) < 4.78 is 5.29. The smallest absolute Gasteiger partial charge is 0.347 e. The van der Waals surface area contributed by atoms with Crippen LogP contribution in [-0.4, -0.2) is 49.7 Å². The molecule has 4 amide bonds. The quantitative estimate of drug-likeness (QED) is 0.462. The molecule has 7 heteroatoms. The number of carbonyl (C=O) groups excluding carboxylic acids is 2. The van der Waals surface area contributed by atoms with Gasteiger partial charge in [-0.15, -0.1) is 4.99 Å². The Morgan fingerprint density at radius 2 is 1.95 bits per heavy atom. The summed E-state index contributed by atoms with van der Waals surface area (Å²) >= 11 is 0. The van der Waals surface area contributed by atoms with E-state index in [0.29, 0.717) is 6.61 Å². The topological polar surface area (TPSA) is 83.0 Å². The molecule has 0 aromatic heterocycles. The molecule has 19 heavy (non-hydrogen) atoms. The van der Waals surface area contributed by atoms with Gasteiger partial charge in [-0.25, -0.2) is 9.59 Å². The normalized spacial score (nSPS) is 11.2. The number of carbonyl (C=O) groups is 2. The Morgan fingerprint density at radius 1 is 1.32 bits per heavy atom. The van der Waals surface area contributed by atoms with Crippen molar-refractivity contribution in [2.24, 2.45) is 4.99 Å². The van der Waals surface area contributed by atoms with Gasteiger partial charge in [0.15, 0.2) is 0 Å². The van der Waals surface area contributed by atoms with Crippen LogP contribution in [0.2, 0.25) is 0 Å². The maximum Gasteiger partial charge on any atom is 0.347 e. The average molecular weight is 272 g/mol. The molecule has 0 radical (unpaired) electrons. The van der Waals surface area contributed by atoms with Crippen LogP contribution in [-0.2, 0) is 4.74 Å². The molecule has 0 heterocycles. The molecule has 0 rings (SSSR count). The third-order valence-electron chi connectivity index (χ3n) is 1.96. The number of hydrogen-bond donors (Lipinski definition) is 2. The van der Waals surface area contributed by atoms with Crippen molar-refractivity contribution in [2.75, 3.05) is 20.7 Å². The molecule has 0 bridgehead atoms. The summed E-state index contributed by atoms with van der Waals surface area (Å²) in [7, 11) is 3.15. The lowest BCUT2D eigenvalue weighted by molar-refractivity contribution is 0.223. The molecule has 0 aliphatic carbocycles. The van der Waals surface area contributed by atoms with E-state index in [2.05, 4.69) is 15.6 Å². The van der Waals surface area contributed by atoms with Gasteiger partial charge >= 0.3 is 18.1 Å². The molecule has 0 atom stereocenters. The second-order valence-electron chi connectivity index (χ2n) is 4.55. The number of rotatable bonds is 4. The number of amides is 4. The number of urea groups is 2. The number of hydrogen-bond acceptors (Lipinski definition) is 3. The maximum atomic E-state index is 11.5. The van der Waals surface area contributed by atoms with Crippen LogP contribution in [0.3, 0.4) is 0 Å². The minimum atomic E-state index is -0.489. The molecular formula is C12H24N4O3. The van der Waals surface area contributed by atoms with Crippen LogP contribution in [0.5, 0.6) is 0 Å². The standard InChI is InChI=1S/C12H24N4O3/c1-6-7-8-19-11(15-12(18)16(4)5)14-10(17)13-9(2)3/h9H,6-8H2,1-5H3,(H2,13,14,15,17,18). The number of ether oxygens (including phenoxy) is 1. The minimum absolute atomic E-state index is 0.0126. The molecule has 0 fully saturated rings. The van der Waals surface area contributed by atoms with E-state index in [-0.39, 0.29) is 12.1 Å². The lowest BCUT2D eigenvalue weighted by atomic mass is 10.4. The monoisotopic (exact) mass is 272 g/mol. The largest absolute Gasteiger partial charge is 0.465 e. The molecule has 110 valence electrons.